The van der Waals surface area contributed by atoms with E-state index >= 15 is 0 Å². The van der Waals surface area contributed by atoms with Gasteiger partial charge in [-0.15, -0.1) is 0 Å². The van der Waals surface area contributed by atoms with Crippen molar-refractivity contribution in [1.29, 1.82) is 0 Å². The number of nitrogens with one attached hydrogen (secondary N) is 1. The van der Waals surface area contributed by atoms with E-state index in [0.717, 1.165) is 31.7 Å². The topological polar surface area (TPSA) is 35.6 Å². The summed E-state index contributed by atoms with van der Waals surface area (Å²) in [6, 6.07) is 16.5. The maximum absolute atomic E-state index is 12.3. The van der Waals surface area contributed by atoms with Gasteiger partial charge in [-0.1, -0.05) is 42.5 Å². The summed E-state index contributed by atoms with van der Waals surface area (Å²) in [4.78, 5) is 16.6. The first-order valence-corrected chi connectivity index (χ1v) is 8.53. The molecular weight excluding hydrogens is 298 g/mol. The highest BCUT2D eigenvalue weighted by Gasteiger charge is 2.22. The van der Waals surface area contributed by atoms with E-state index in [0.29, 0.717) is 6.54 Å². The van der Waals surface area contributed by atoms with E-state index < -0.39 is 0 Å². The van der Waals surface area contributed by atoms with E-state index in [4.69, 9.17) is 0 Å². The Labute approximate surface area is 144 Å². The third-order valence-corrected chi connectivity index (χ3v) is 4.77. The third kappa shape index (κ3) is 3.70. The van der Waals surface area contributed by atoms with Crippen molar-refractivity contribution in [3.63, 3.8) is 0 Å². The fourth-order valence-corrected chi connectivity index (χ4v) is 3.11. The van der Waals surface area contributed by atoms with Gasteiger partial charge in [-0.2, -0.15) is 0 Å². The quantitative estimate of drug-likeness (QED) is 0.940. The molecule has 2 amide bonds. The maximum Gasteiger partial charge on any atom is 0.317 e. The molecule has 4 nitrogen and oxygen atoms in total. The predicted octanol–water partition coefficient (Wildman–Crippen LogP) is 3.34. The van der Waals surface area contributed by atoms with Gasteiger partial charge in [0.2, 0.25) is 0 Å². The number of rotatable bonds is 3. The van der Waals surface area contributed by atoms with Gasteiger partial charge in [0.1, 0.15) is 0 Å². The van der Waals surface area contributed by atoms with Gasteiger partial charge in [-0.25, -0.2) is 4.79 Å². The first-order chi connectivity index (χ1) is 11.6. The Morgan fingerprint density at radius 1 is 0.958 bits per heavy atom. The molecule has 0 aliphatic carbocycles. The van der Waals surface area contributed by atoms with Crippen LogP contribution in [-0.4, -0.2) is 37.1 Å². The van der Waals surface area contributed by atoms with Crippen LogP contribution in [0, 0.1) is 13.8 Å². The Morgan fingerprint density at radius 2 is 1.67 bits per heavy atom. The van der Waals surface area contributed by atoms with Crippen LogP contribution < -0.4 is 10.2 Å². The van der Waals surface area contributed by atoms with Crippen LogP contribution in [0.3, 0.4) is 0 Å². The first-order valence-electron chi connectivity index (χ1n) is 8.53. The molecule has 3 rings (SSSR count). The monoisotopic (exact) mass is 323 g/mol. The number of anilines is 1. The molecular formula is C20H25N3O. The summed E-state index contributed by atoms with van der Waals surface area (Å²) < 4.78 is 0. The normalized spacial score (nSPS) is 14.6. The number of aryl methyl sites for hydroxylation is 1. The Morgan fingerprint density at radius 3 is 2.38 bits per heavy atom. The number of benzene rings is 2. The summed E-state index contributed by atoms with van der Waals surface area (Å²) in [7, 11) is 0. The summed E-state index contributed by atoms with van der Waals surface area (Å²) in [6.45, 7) is 8.17. The second-order valence-electron chi connectivity index (χ2n) is 6.34. The lowest BCUT2D eigenvalue weighted by Gasteiger charge is -2.37. The van der Waals surface area contributed by atoms with Crippen LogP contribution in [0.25, 0.3) is 0 Å². The standard InChI is InChI=1S/C20H25N3O/c1-16-7-6-10-19(17(16)2)22-11-13-23(14-12-22)20(24)21-15-18-8-4-3-5-9-18/h3-10H,11-15H2,1-2H3,(H,21,24). The van der Waals surface area contributed by atoms with Crippen LogP contribution in [0.1, 0.15) is 16.7 Å². The van der Waals surface area contributed by atoms with Crippen molar-refractivity contribution in [2.24, 2.45) is 0 Å². The minimum atomic E-state index is 0.0273. The van der Waals surface area contributed by atoms with Crippen LogP contribution in [0.4, 0.5) is 10.5 Å². The van der Waals surface area contributed by atoms with Gasteiger partial charge < -0.3 is 15.1 Å². The highest BCUT2D eigenvalue weighted by molar-refractivity contribution is 5.74. The van der Waals surface area contributed by atoms with Crippen LogP contribution in [0.2, 0.25) is 0 Å². The molecule has 0 saturated carbocycles. The molecule has 0 atom stereocenters. The van der Waals surface area contributed by atoms with Crippen molar-refractivity contribution in [2.75, 3.05) is 31.1 Å². The largest absolute Gasteiger partial charge is 0.368 e. The molecule has 24 heavy (non-hydrogen) atoms. The predicted molar refractivity (Wildman–Crippen MR) is 98.4 cm³/mol. The Hall–Kier alpha value is -2.49. The van der Waals surface area contributed by atoms with Gasteiger partial charge >= 0.3 is 6.03 Å². The number of amides is 2. The molecule has 1 saturated heterocycles. The number of hydrogen-bond acceptors (Lipinski definition) is 2. The second kappa shape index (κ2) is 7.39. The summed E-state index contributed by atoms with van der Waals surface area (Å²) >= 11 is 0. The fraction of sp³-hybridized carbons (Fsp3) is 0.350. The van der Waals surface area contributed by atoms with E-state index in [1.54, 1.807) is 0 Å². The van der Waals surface area contributed by atoms with Crippen molar-refractivity contribution < 1.29 is 4.79 Å². The molecule has 0 unspecified atom stereocenters. The summed E-state index contributed by atoms with van der Waals surface area (Å²) in [5.41, 5.74) is 5.06. The number of carbonyl (C=O) groups is 1. The average Bonchev–Trinajstić information content (AvgIpc) is 2.63. The Bertz CT molecular complexity index is 691. The molecule has 0 aromatic heterocycles. The molecule has 1 heterocycles. The smallest absolute Gasteiger partial charge is 0.317 e. The molecule has 0 bridgehead atoms. The number of carbonyl (C=O) groups excluding carboxylic acids is 1. The molecule has 4 heteroatoms. The number of piperazine rings is 1. The van der Waals surface area contributed by atoms with Gasteiger partial charge in [0.15, 0.2) is 0 Å². The van der Waals surface area contributed by atoms with Crippen LogP contribution in [0.15, 0.2) is 48.5 Å². The Kier molecular flexibility index (Phi) is 5.04. The van der Waals surface area contributed by atoms with Gasteiger partial charge in [-0.3, -0.25) is 0 Å². The zero-order valence-corrected chi connectivity index (χ0v) is 14.5. The molecule has 1 N–H and O–H groups in total. The van der Waals surface area contributed by atoms with E-state index in [1.165, 1.54) is 16.8 Å². The van der Waals surface area contributed by atoms with Gasteiger partial charge in [-0.05, 0) is 36.6 Å². The van der Waals surface area contributed by atoms with Crippen LogP contribution >= 0.6 is 0 Å². The lowest BCUT2D eigenvalue weighted by atomic mass is 10.1. The molecule has 1 fully saturated rings. The molecule has 0 spiro atoms. The third-order valence-electron chi connectivity index (χ3n) is 4.77. The second-order valence-corrected chi connectivity index (χ2v) is 6.34. The molecule has 0 radical (unpaired) electrons. The SMILES string of the molecule is Cc1cccc(N2CCN(C(=O)NCc3ccccc3)CC2)c1C. The van der Waals surface area contributed by atoms with E-state index in [1.807, 2.05) is 35.2 Å². The highest BCUT2D eigenvalue weighted by Crippen LogP contribution is 2.23. The van der Waals surface area contributed by atoms with Crippen LogP contribution in [0.5, 0.6) is 0 Å². The van der Waals surface area contributed by atoms with Crippen molar-refractivity contribution in [1.82, 2.24) is 10.2 Å². The molecule has 2 aromatic carbocycles. The van der Waals surface area contributed by atoms with E-state index in [2.05, 4.69) is 42.3 Å². The minimum absolute atomic E-state index is 0.0273. The lowest BCUT2D eigenvalue weighted by molar-refractivity contribution is 0.194. The number of nitrogens with zero attached hydrogens (tertiary/aromatic N) is 2. The fourth-order valence-electron chi connectivity index (χ4n) is 3.11. The Balaban J connectivity index is 1.53. The maximum atomic E-state index is 12.3. The van der Waals surface area contributed by atoms with Crippen LogP contribution in [-0.2, 0) is 6.54 Å². The van der Waals surface area contributed by atoms with Crippen molar-refractivity contribution in [3.8, 4) is 0 Å². The number of hydrogen-bond donors (Lipinski definition) is 1. The van der Waals surface area contributed by atoms with E-state index in [-0.39, 0.29) is 6.03 Å². The van der Waals surface area contributed by atoms with Gasteiger partial charge in [0.25, 0.3) is 0 Å². The average molecular weight is 323 g/mol. The molecule has 126 valence electrons. The molecule has 1 aliphatic heterocycles. The van der Waals surface area contributed by atoms with Crippen molar-refractivity contribution in [3.05, 3.63) is 65.2 Å². The zero-order chi connectivity index (χ0) is 16.9. The summed E-state index contributed by atoms with van der Waals surface area (Å²) in [5, 5.41) is 3.01. The zero-order valence-electron chi connectivity index (χ0n) is 14.5. The molecule has 2 aromatic rings. The minimum Gasteiger partial charge on any atom is -0.368 e. The van der Waals surface area contributed by atoms with Gasteiger partial charge in [0.05, 0.1) is 0 Å². The highest BCUT2D eigenvalue weighted by atomic mass is 16.2. The molecule has 1 aliphatic rings. The van der Waals surface area contributed by atoms with Crippen molar-refractivity contribution in [2.45, 2.75) is 20.4 Å². The lowest BCUT2D eigenvalue weighted by Crippen LogP contribution is -2.51. The summed E-state index contributed by atoms with van der Waals surface area (Å²) in [6.07, 6.45) is 0. The van der Waals surface area contributed by atoms with Crippen molar-refractivity contribution >= 4 is 11.7 Å². The first kappa shape index (κ1) is 16.4. The number of urea groups is 1. The van der Waals surface area contributed by atoms with Gasteiger partial charge in [0, 0.05) is 38.4 Å². The summed E-state index contributed by atoms with van der Waals surface area (Å²) in [5.74, 6) is 0. The van der Waals surface area contributed by atoms with E-state index in [9.17, 15) is 4.79 Å².